The van der Waals surface area contributed by atoms with Gasteiger partial charge in [-0.3, -0.25) is 14.5 Å². The molecule has 0 bridgehead atoms. The van der Waals surface area contributed by atoms with E-state index in [1.54, 1.807) is 48.5 Å². The van der Waals surface area contributed by atoms with Crippen LogP contribution < -0.4 is 14.4 Å². The number of nitrogens with one attached hydrogen (secondary N) is 1. The molecule has 1 N–H and O–H groups in total. The first-order valence-corrected chi connectivity index (χ1v) is 12.9. The van der Waals surface area contributed by atoms with Crippen LogP contribution in [0.2, 0.25) is 0 Å². The average molecular weight is 504 g/mol. The molecule has 0 atom stereocenters. The van der Waals surface area contributed by atoms with Crippen molar-refractivity contribution in [3.8, 4) is 5.75 Å². The highest BCUT2D eigenvalue weighted by atomic mass is 32.2. The average Bonchev–Trinajstić information content (AvgIpc) is 2.92. The van der Waals surface area contributed by atoms with Gasteiger partial charge in [-0.2, -0.15) is 0 Å². The fourth-order valence-corrected chi connectivity index (χ4v) is 5.51. The lowest BCUT2D eigenvalue weighted by Gasteiger charge is -2.36. The minimum absolute atomic E-state index is 0.0775. The van der Waals surface area contributed by atoms with Gasteiger partial charge in [0.1, 0.15) is 16.3 Å². The normalized spacial score (nSPS) is 14.0. The largest absolute Gasteiger partial charge is 0.495 e. The Hall–Kier alpha value is -4.18. The van der Waals surface area contributed by atoms with Gasteiger partial charge in [-0.25, -0.2) is 13.4 Å². The van der Waals surface area contributed by atoms with Gasteiger partial charge in [-0.05, 0) is 36.4 Å². The van der Waals surface area contributed by atoms with Crippen molar-refractivity contribution in [1.82, 2.24) is 14.9 Å². The molecule has 2 aromatic carbocycles. The predicted molar refractivity (Wildman–Crippen MR) is 138 cm³/mol. The third-order valence-electron chi connectivity index (χ3n) is 6.11. The van der Waals surface area contributed by atoms with E-state index in [-0.39, 0.29) is 22.2 Å². The van der Waals surface area contributed by atoms with Crippen LogP contribution in [0, 0.1) is 0 Å². The van der Waals surface area contributed by atoms with Crippen molar-refractivity contribution < 1.29 is 17.9 Å². The number of nitrogens with zero attached hydrogens (tertiary/aromatic N) is 4. The van der Waals surface area contributed by atoms with Crippen molar-refractivity contribution in [2.45, 2.75) is 4.90 Å². The third-order valence-corrected chi connectivity index (χ3v) is 7.53. The molecular formula is C26H25N5O4S. The Bertz CT molecular complexity index is 1500. The van der Waals surface area contributed by atoms with E-state index in [0.717, 1.165) is 16.8 Å². The van der Waals surface area contributed by atoms with Gasteiger partial charge in [0, 0.05) is 37.8 Å². The number of hydrogen-bond acceptors (Lipinski definition) is 7. The van der Waals surface area contributed by atoms with Crippen LogP contribution in [0.1, 0.15) is 10.5 Å². The lowest BCUT2D eigenvalue weighted by atomic mass is 10.2. The first kappa shape index (κ1) is 23.6. The standard InChI is InChI=1S/C26H25N5O4S/c1-35-23-9-3-2-8-22(23)30-14-16-31(17-15-30)26(32)21-12-11-20(18-28-21)29-36(33,34)24-10-4-6-19-7-5-13-27-25(19)24/h2-13,18,29H,14-17H2,1H3. The Balaban J connectivity index is 1.25. The molecule has 4 aromatic rings. The molecule has 1 saturated heterocycles. The first-order valence-electron chi connectivity index (χ1n) is 11.5. The van der Waals surface area contributed by atoms with Crippen molar-refractivity contribution in [1.29, 1.82) is 0 Å². The van der Waals surface area contributed by atoms with E-state index in [1.165, 1.54) is 18.3 Å². The summed E-state index contributed by atoms with van der Waals surface area (Å²) in [4.78, 5) is 25.5. The van der Waals surface area contributed by atoms with E-state index in [2.05, 4.69) is 19.6 Å². The zero-order valence-electron chi connectivity index (χ0n) is 19.7. The summed E-state index contributed by atoms with van der Waals surface area (Å²) in [6.45, 7) is 2.42. The second-order valence-electron chi connectivity index (χ2n) is 8.32. The molecule has 0 unspecified atom stereocenters. The Morgan fingerprint density at radius 1 is 0.917 bits per heavy atom. The van der Waals surface area contributed by atoms with E-state index in [9.17, 15) is 13.2 Å². The topological polar surface area (TPSA) is 105 Å². The number of hydrogen-bond donors (Lipinski definition) is 1. The molecule has 0 aliphatic carbocycles. The molecule has 3 heterocycles. The number of rotatable bonds is 6. The van der Waals surface area contributed by atoms with Crippen LogP contribution in [0.25, 0.3) is 10.9 Å². The second kappa shape index (κ2) is 9.82. The van der Waals surface area contributed by atoms with Crippen LogP contribution in [-0.4, -0.2) is 62.5 Å². The number of piperazine rings is 1. The molecule has 10 heteroatoms. The quantitative estimate of drug-likeness (QED) is 0.430. The van der Waals surface area contributed by atoms with Gasteiger partial charge in [0.15, 0.2) is 0 Å². The molecule has 184 valence electrons. The Kier molecular flexibility index (Phi) is 6.43. The van der Waals surface area contributed by atoms with E-state index < -0.39 is 10.0 Å². The van der Waals surface area contributed by atoms with Crippen molar-refractivity contribution in [2.24, 2.45) is 0 Å². The predicted octanol–water partition coefficient (Wildman–Crippen LogP) is 3.40. The molecule has 5 rings (SSSR count). The van der Waals surface area contributed by atoms with Gasteiger partial charge >= 0.3 is 0 Å². The van der Waals surface area contributed by atoms with E-state index in [1.807, 2.05) is 24.3 Å². The number of anilines is 2. The summed E-state index contributed by atoms with van der Waals surface area (Å²) >= 11 is 0. The number of benzene rings is 2. The molecule has 2 aromatic heterocycles. The number of aromatic nitrogens is 2. The number of carbonyl (C=O) groups excluding carboxylic acids is 1. The number of ether oxygens (including phenoxy) is 1. The molecular weight excluding hydrogens is 478 g/mol. The fourth-order valence-electron chi connectivity index (χ4n) is 4.29. The number of amides is 1. The number of para-hydroxylation sites is 3. The van der Waals surface area contributed by atoms with Crippen LogP contribution in [-0.2, 0) is 10.0 Å². The zero-order valence-corrected chi connectivity index (χ0v) is 20.5. The van der Waals surface area contributed by atoms with E-state index in [4.69, 9.17) is 4.74 Å². The van der Waals surface area contributed by atoms with Gasteiger partial charge in [-0.15, -0.1) is 0 Å². The minimum atomic E-state index is -3.90. The van der Waals surface area contributed by atoms with Crippen LogP contribution >= 0.6 is 0 Å². The summed E-state index contributed by atoms with van der Waals surface area (Å²) in [5, 5.41) is 0.727. The molecule has 1 fully saturated rings. The highest BCUT2D eigenvalue weighted by Gasteiger charge is 2.25. The Morgan fingerprint density at radius 3 is 2.44 bits per heavy atom. The molecule has 36 heavy (non-hydrogen) atoms. The second-order valence-corrected chi connectivity index (χ2v) is 9.97. The summed E-state index contributed by atoms with van der Waals surface area (Å²) in [6.07, 6.45) is 2.91. The number of fused-ring (bicyclic) bond motifs is 1. The maximum atomic E-state index is 13.0. The summed E-state index contributed by atoms with van der Waals surface area (Å²) in [6, 6.07) is 19.4. The lowest BCUT2D eigenvalue weighted by Crippen LogP contribution is -2.49. The molecule has 9 nitrogen and oxygen atoms in total. The van der Waals surface area contributed by atoms with Crippen molar-refractivity contribution in [2.75, 3.05) is 42.9 Å². The van der Waals surface area contributed by atoms with Crippen LogP contribution in [0.5, 0.6) is 5.75 Å². The molecule has 1 aliphatic heterocycles. The number of sulfonamides is 1. The summed E-state index contributed by atoms with van der Waals surface area (Å²) < 4.78 is 34.0. The minimum Gasteiger partial charge on any atom is -0.495 e. The zero-order chi connectivity index (χ0) is 25.1. The van der Waals surface area contributed by atoms with E-state index in [0.29, 0.717) is 31.7 Å². The van der Waals surface area contributed by atoms with Gasteiger partial charge in [0.25, 0.3) is 15.9 Å². The summed E-state index contributed by atoms with van der Waals surface area (Å²) in [5.41, 5.74) is 1.92. The molecule has 1 amide bonds. The maximum Gasteiger partial charge on any atom is 0.272 e. The van der Waals surface area contributed by atoms with Gasteiger partial charge in [0.05, 0.1) is 30.2 Å². The first-order chi connectivity index (χ1) is 17.5. The fraction of sp³-hybridized carbons (Fsp3) is 0.192. The van der Waals surface area contributed by atoms with Crippen LogP contribution in [0.3, 0.4) is 0 Å². The van der Waals surface area contributed by atoms with Gasteiger partial charge < -0.3 is 14.5 Å². The van der Waals surface area contributed by atoms with Crippen molar-refractivity contribution in [3.63, 3.8) is 0 Å². The Labute approximate surface area is 209 Å². The highest BCUT2D eigenvalue weighted by Crippen LogP contribution is 2.28. The van der Waals surface area contributed by atoms with Crippen molar-refractivity contribution >= 4 is 38.2 Å². The van der Waals surface area contributed by atoms with E-state index >= 15 is 0 Å². The van der Waals surface area contributed by atoms with Gasteiger partial charge in [-0.1, -0.05) is 30.3 Å². The summed E-state index contributed by atoms with van der Waals surface area (Å²) in [5.74, 6) is 0.610. The van der Waals surface area contributed by atoms with Gasteiger partial charge in [0.2, 0.25) is 0 Å². The van der Waals surface area contributed by atoms with Crippen LogP contribution in [0.15, 0.2) is 84.0 Å². The molecule has 0 saturated carbocycles. The third kappa shape index (κ3) is 4.67. The SMILES string of the molecule is COc1ccccc1N1CCN(C(=O)c2ccc(NS(=O)(=O)c3cccc4cccnc34)cn2)CC1. The molecule has 0 spiro atoms. The Morgan fingerprint density at radius 2 is 1.69 bits per heavy atom. The smallest absolute Gasteiger partial charge is 0.272 e. The number of pyridine rings is 2. The van der Waals surface area contributed by atoms with Crippen molar-refractivity contribution in [3.05, 3.63) is 84.8 Å². The molecule has 1 aliphatic rings. The monoisotopic (exact) mass is 503 g/mol. The maximum absolute atomic E-state index is 13.0. The molecule has 0 radical (unpaired) electrons. The highest BCUT2D eigenvalue weighted by molar-refractivity contribution is 7.93. The number of carbonyl (C=O) groups is 1. The lowest BCUT2D eigenvalue weighted by molar-refractivity contribution is 0.0741. The summed E-state index contributed by atoms with van der Waals surface area (Å²) in [7, 11) is -2.25. The van der Waals surface area contributed by atoms with Crippen LogP contribution in [0.4, 0.5) is 11.4 Å². The number of methoxy groups -OCH3 is 1.